The topological polar surface area (TPSA) is 99.9 Å². The highest BCUT2D eigenvalue weighted by molar-refractivity contribution is 6.10. The van der Waals surface area contributed by atoms with Crippen molar-refractivity contribution >= 4 is 17.2 Å². The van der Waals surface area contributed by atoms with E-state index in [0.29, 0.717) is 16.9 Å². The van der Waals surface area contributed by atoms with Crippen molar-refractivity contribution in [1.82, 2.24) is 19.2 Å². The molecule has 0 bridgehead atoms. The van der Waals surface area contributed by atoms with Crippen LogP contribution in [-0.4, -0.2) is 37.9 Å². The van der Waals surface area contributed by atoms with E-state index in [9.17, 15) is 13.6 Å². The molecule has 156 valence electrons. The van der Waals surface area contributed by atoms with Crippen molar-refractivity contribution in [1.29, 1.82) is 0 Å². The monoisotopic (exact) mass is 424 g/mol. The minimum atomic E-state index is -3.74. The maximum absolute atomic E-state index is 13.4. The summed E-state index contributed by atoms with van der Waals surface area (Å²) < 4.78 is 39.0. The molecule has 0 radical (unpaired) electrons. The standard InChI is InChI=1S/C20H14F2N6O3/c21-20(22)30-14-3-2-12(7-15(14)31-20)27-10-16(23)28-18(19(27)29)13(8-25-28)11-1-4-17-24-5-6-26(17)9-11/h1-9,16H,10,23H2/t16-/m1/s1. The van der Waals surface area contributed by atoms with E-state index in [1.165, 1.54) is 27.8 Å². The Kier molecular flexibility index (Phi) is 3.46. The maximum Gasteiger partial charge on any atom is 0.586 e. The third-order valence-electron chi connectivity index (χ3n) is 5.32. The molecule has 1 aromatic carbocycles. The quantitative estimate of drug-likeness (QED) is 0.531. The smallest absolute Gasteiger partial charge is 0.395 e. The highest BCUT2D eigenvalue weighted by Gasteiger charge is 2.44. The van der Waals surface area contributed by atoms with Crippen LogP contribution in [0.2, 0.25) is 0 Å². The van der Waals surface area contributed by atoms with Crippen molar-refractivity contribution in [3.8, 4) is 22.6 Å². The molecule has 0 saturated heterocycles. The highest BCUT2D eigenvalue weighted by atomic mass is 19.3. The molecule has 0 saturated carbocycles. The molecule has 3 aromatic heterocycles. The number of benzene rings is 1. The summed E-state index contributed by atoms with van der Waals surface area (Å²) >= 11 is 0. The van der Waals surface area contributed by atoms with E-state index in [-0.39, 0.29) is 24.0 Å². The predicted molar refractivity (Wildman–Crippen MR) is 104 cm³/mol. The molecule has 11 heteroatoms. The number of aromatic nitrogens is 4. The van der Waals surface area contributed by atoms with Gasteiger partial charge in [0, 0.05) is 41.5 Å². The number of hydrogen-bond acceptors (Lipinski definition) is 6. The van der Waals surface area contributed by atoms with Gasteiger partial charge >= 0.3 is 6.29 Å². The number of pyridine rings is 1. The van der Waals surface area contributed by atoms with Gasteiger partial charge in [-0.15, -0.1) is 8.78 Å². The number of amides is 1. The summed E-state index contributed by atoms with van der Waals surface area (Å²) in [7, 11) is 0. The van der Waals surface area contributed by atoms with Crippen LogP contribution in [0.4, 0.5) is 14.5 Å². The Balaban J connectivity index is 1.42. The van der Waals surface area contributed by atoms with E-state index in [4.69, 9.17) is 5.73 Å². The van der Waals surface area contributed by atoms with Crippen LogP contribution in [0, 0.1) is 0 Å². The molecule has 6 rings (SSSR count). The molecule has 0 spiro atoms. The van der Waals surface area contributed by atoms with Gasteiger partial charge < -0.3 is 24.5 Å². The number of hydrogen-bond donors (Lipinski definition) is 1. The molecular formula is C20H14F2N6O3. The molecule has 1 amide bonds. The number of alkyl halides is 2. The fraction of sp³-hybridized carbons (Fsp3) is 0.150. The molecule has 5 heterocycles. The predicted octanol–water partition coefficient (Wildman–Crippen LogP) is 2.64. The molecule has 2 N–H and O–H groups in total. The van der Waals surface area contributed by atoms with Crippen LogP contribution in [0.1, 0.15) is 16.7 Å². The maximum atomic E-state index is 13.4. The summed E-state index contributed by atoms with van der Waals surface area (Å²) in [6.45, 7) is 0.115. The number of carbonyl (C=O) groups is 1. The van der Waals surface area contributed by atoms with Crippen LogP contribution in [0.25, 0.3) is 16.8 Å². The van der Waals surface area contributed by atoms with Crippen LogP contribution < -0.4 is 20.1 Å². The summed E-state index contributed by atoms with van der Waals surface area (Å²) in [5.41, 5.74) is 9.08. The average molecular weight is 424 g/mol. The molecule has 2 aliphatic heterocycles. The van der Waals surface area contributed by atoms with Gasteiger partial charge in [-0.1, -0.05) is 0 Å². The summed E-state index contributed by atoms with van der Waals surface area (Å²) in [5, 5.41) is 4.31. The van der Waals surface area contributed by atoms with Crippen LogP contribution in [0.5, 0.6) is 11.5 Å². The van der Waals surface area contributed by atoms with E-state index >= 15 is 0 Å². The van der Waals surface area contributed by atoms with Gasteiger partial charge in [0.2, 0.25) is 0 Å². The molecule has 4 aromatic rings. The van der Waals surface area contributed by atoms with E-state index < -0.39 is 12.5 Å². The minimum absolute atomic E-state index is 0.0955. The van der Waals surface area contributed by atoms with Crippen LogP contribution in [-0.2, 0) is 0 Å². The summed E-state index contributed by atoms with van der Waals surface area (Å²) in [5.74, 6) is -0.596. The lowest BCUT2D eigenvalue weighted by atomic mass is 10.1. The molecule has 2 aliphatic rings. The lowest BCUT2D eigenvalue weighted by Crippen LogP contribution is -2.46. The van der Waals surface area contributed by atoms with Crippen molar-refractivity contribution in [3.05, 3.63) is 60.8 Å². The van der Waals surface area contributed by atoms with E-state index in [0.717, 1.165) is 11.2 Å². The normalized spacial score (nSPS) is 19.1. The number of imidazole rings is 1. The van der Waals surface area contributed by atoms with Crippen molar-refractivity contribution < 1.29 is 23.0 Å². The third kappa shape index (κ3) is 2.66. The van der Waals surface area contributed by atoms with Gasteiger partial charge in [0.15, 0.2) is 11.5 Å². The Morgan fingerprint density at radius 1 is 1.16 bits per heavy atom. The van der Waals surface area contributed by atoms with E-state index in [1.807, 2.05) is 22.7 Å². The summed E-state index contributed by atoms with van der Waals surface area (Å²) in [4.78, 5) is 19.1. The number of rotatable bonds is 2. The first kappa shape index (κ1) is 17.8. The first-order chi connectivity index (χ1) is 14.9. The van der Waals surface area contributed by atoms with Crippen LogP contribution >= 0.6 is 0 Å². The van der Waals surface area contributed by atoms with E-state index in [1.54, 1.807) is 18.6 Å². The largest absolute Gasteiger partial charge is 0.586 e. The Morgan fingerprint density at radius 3 is 2.87 bits per heavy atom. The fourth-order valence-electron chi connectivity index (χ4n) is 3.92. The fourth-order valence-corrected chi connectivity index (χ4v) is 3.92. The molecule has 9 nitrogen and oxygen atoms in total. The second-order valence-electron chi connectivity index (χ2n) is 7.24. The second-order valence-corrected chi connectivity index (χ2v) is 7.24. The van der Waals surface area contributed by atoms with Gasteiger partial charge in [0.1, 0.15) is 17.5 Å². The molecule has 0 aliphatic carbocycles. The van der Waals surface area contributed by atoms with Crippen LogP contribution in [0.3, 0.4) is 0 Å². The van der Waals surface area contributed by atoms with Gasteiger partial charge in [-0.05, 0) is 24.3 Å². The van der Waals surface area contributed by atoms with Gasteiger partial charge in [-0.3, -0.25) is 4.79 Å². The third-order valence-corrected chi connectivity index (χ3v) is 5.32. The zero-order valence-electron chi connectivity index (χ0n) is 15.8. The highest BCUT2D eigenvalue weighted by Crippen LogP contribution is 2.43. The number of anilines is 1. The molecule has 0 unspecified atom stereocenters. The van der Waals surface area contributed by atoms with Gasteiger partial charge in [0.05, 0.1) is 12.7 Å². The SMILES string of the molecule is N[C@H]1CN(c2ccc3c(c2)OC(F)(F)O3)C(=O)c2c(-c3ccc4nccn4c3)cnn21. The van der Waals surface area contributed by atoms with Crippen molar-refractivity contribution in [3.63, 3.8) is 0 Å². The Hall–Kier alpha value is -3.99. The number of fused-ring (bicyclic) bond motifs is 3. The number of ether oxygens (including phenoxy) is 2. The number of nitrogens with two attached hydrogens (primary N) is 1. The first-order valence-electron chi connectivity index (χ1n) is 9.37. The van der Waals surface area contributed by atoms with Gasteiger partial charge in [-0.2, -0.15) is 5.10 Å². The van der Waals surface area contributed by atoms with Gasteiger partial charge in [0.25, 0.3) is 5.91 Å². The van der Waals surface area contributed by atoms with Crippen LogP contribution in [0.15, 0.2) is 55.1 Å². The Labute approximate surface area is 173 Å². The van der Waals surface area contributed by atoms with Crippen molar-refractivity contribution in [2.75, 3.05) is 11.4 Å². The number of halogens is 2. The molecule has 31 heavy (non-hydrogen) atoms. The summed E-state index contributed by atoms with van der Waals surface area (Å²) in [6.07, 6.45) is 2.57. The first-order valence-corrected chi connectivity index (χ1v) is 9.37. The van der Waals surface area contributed by atoms with Crippen molar-refractivity contribution in [2.24, 2.45) is 5.73 Å². The molecular weight excluding hydrogens is 410 g/mol. The number of nitrogens with zero attached hydrogens (tertiary/aromatic N) is 5. The zero-order chi connectivity index (χ0) is 21.3. The second kappa shape index (κ2) is 6.01. The molecule has 1 atom stereocenters. The lowest BCUT2D eigenvalue weighted by molar-refractivity contribution is -0.286. The van der Waals surface area contributed by atoms with E-state index in [2.05, 4.69) is 19.6 Å². The Morgan fingerprint density at radius 2 is 2.00 bits per heavy atom. The Bertz CT molecular complexity index is 1360. The zero-order valence-corrected chi connectivity index (χ0v) is 15.8. The average Bonchev–Trinajstić information content (AvgIpc) is 3.44. The lowest BCUT2D eigenvalue weighted by Gasteiger charge is -2.32. The number of carbonyl (C=O) groups excluding carboxylic acids is 1. The minimum Gasteiger partial charge on any atom is -0.395 e. The van der Waals surface area contributed by atoms with Crippen molar-refractivity contribution in [2.45, 2.75) is 12.5 Å². The van der Waals surface area contributed by atoms with Gasteiger partial charge in [-0.25, -0.2) is 9.67 Å². The summed E-state index contributed by atoms with van der Waals surface area (Å²) in [6, 6.07) is 7.87. The molecule has 0 fully saturated rings.